The third-order valence-electron chi connectivity index (χ3n) is 3.86. The molecule has 0 bridgehead atoms. The lowest BCUT2D eigenvalue weighted by atomic mass is 10.2. The predicted molar refractivity (Wildman–Crippen MR) is 92.3 cm³/mol. The SMILES string of the molecule is CCNCc1ccc(OCCN2CCSC(CC)C2)cc1. The van der Waals surface area contributed by atoms with Crippen LogP contribution in [0.25, 0.3) is 0 Å². The van der Waals surface area contributed by atoms with E-state index in [0.717, 1.165) is 37.2 Å². The molecule has 1 aromatic rings. The maximum atomic E-state index is 5.87. The molecule has 1 N–H and O–H groups in total. The van der Waals surface area contributed by atoms with Crippen molar-refractivity contribution in [3.63, 3.8) is 0 Å². The Hall–Kier alpha value is -0.710. The van der Waals surface area contributed by atoms with Gasteiger partial charge in [0.1, 0.15) is 12.4 Å². The normalized spacial score (nSPS) is 19.6. The fourth-order valence-electron chi connectivity index (χ4n) is 2.50. The molecule has 0 amide bonds. The van der Waals surface area contributed by atoms with E-state index in [4.69, 9.17) is 4.74 Å². The maximum absolute atomic E-state index is 5.87. The fraction of sp³-hybridized carbons (Fsp3) is 0.647. The minimum absolute atomic E-state index is 0.785. The number of ether oxygens (including phenoxy) is 1. The molecule has 1 unspecified atom stereocenters. The van der Waals surface area contributed by atoms with Crippen molar-refractivity contribution >= 4 is 11.8 Å². The molecule has 1 fully saturated rings. The van der Waals surface area contributed by atoms with E-state index in [2.05, 4.69) is 60.1 Å². The number of thioether (sulfide) groups is 1. The van der Waals surface area contributed by atoms with Crippen molar-refractivity contribution in [3.8, 4) is 5.75 Å². The molecular weight excluding hydrogens is 280 g/mol. The smallest absolute Gasteiger partial charge is 0.119 e. The highest BCUT2D eigenvalue weighted by molar-refractivity contribution is 8.00. The van der Waals surface area contributed by atoms with E-state index in [1.54, 1.807) is 0 Å². The van der Waals surface area contributed by atoms with Gasteiger partial charge in [-0.2, -0.15) is 11.8 Å². The van der Waals surface area contributed by atoms with Gasteiger partial charge in [-0.15, -0.1) is 0 Å². The summed E-state index contributed by atoms with van der Waals surface area (Å²) in [7, 11) is 0. The van der Waals surface area contributed by atoms with Crippen LogP contribution in [0.3, 0.4) is 0 Å². The van der Waals surface area contributed by atoms with Gasteiger partial charge in [-0.3, -0.25) is 4.90 Å². The molecule has 1 aliphatic heterocycles. The molecule has 1 saturated heterocycles. The number of rotatable bonds is 8. The van der Waals surface area contributed by atoms with Gasteiger partial charge in [0.25, 0.3) is 0 Å². The van der Waals surface area contributed by atoms with Gasteiger partial charge in [-0.1, -0.05) is 26.0 Å². The van der Waals surface area contributed by atoms with Crippen molar-refractivity contribution < 1.29 is 4.74 Å². The third kappa shape index (κ3) is 5.89. The summed E-state index contributed by atoms with van der Waals surface area (Å²) in [6, 6.07) is 8.44. The van der Waals surface area contributed by atoms with Crippen LogP contribution in [-0.4, -0.2) is 48.7 Å². The van der Waals surface area contributed by atoms with Gasteiger partial charge >= 0.3 is 0 Å². The van der Waals surface area contributed by atoms with E-state index in [1.165, 1.54) is 30.8 Å². The molecule has 1 heterocycles. The second-order valence-corrected chi connectivity index (χ2v) is 6.88. The van der Waals surface area contributed by atoms with Gasteiger partial charge in [-0.05, 0) is 30.7 Å². The molecule has 118 valence electrons. The highest BCUT2D eigenvalue weighted by Crippen LogP contribution is 2.20. The molecule has 1 atom stereocenters. The Balaban J connectivity index is 1.68. The molecule has 0 aromatic heterocycles. The summed E-state index contributed by atoms with van der Waals surface area (Å²) in [6.45, 7) is 10.6. The molecule has 4 heteroatoms. The maximum Gasteiger partial charge on any atom is 0.119 e. The second-order valence-electron chi connectivity index (χ2n) is 5.47. The summed E-state index contributed by atoms with van der Waals surface area (Å²) in [6.07, 6.45) is 1.27. The van der Waals surface area contributed by atoms with Gasteiger partial charge in [0.15, 0.2) is 0 Å². The highest BCUT2D eigenvalue weighted by Gasteiger charge is 2.18. The average Bonchev–Trinajstić information content (AvgIpc) is 2.54. The van der Waals surface area contributed by atoms with E-state index in [0.29, 0.717) is 0 Å². The summed E-state index contributed by atoms with van der Waals surface area (Å²) < 4.78 is 5.87. The van der Waals surface area contributed by atoms with Gasteiger partial charge in [-0.25, -0.2) is 0 Å². The number of hydrogen-bond acceptors (Lipinski definition) is 4. The first kappa shape index (κ1) is 16.7. The van der Waals surface area contributed by atoms with Crippen molar-refractivity contribution in [1.29, 1.82) is 0 Å². The Morgan fingerprint density at radius 3 is 2.81 bits per heavy atom. The quantitative estimate of drug-likeness (QED) is 0.798. The summed E-state index contributed by atoms with van der Waals surface area (Å²) in [4.78, 5) is 2.53. The van der Waals surface area contributed by atoms with Gasteiger partial charge in [0.2, 0.25) is 0 Å². The summed E-state index contributed by atoms with van der Waals surface area (Å²) >= 11 is 2.12. The van der Waals surface area contributed by atoms with Crippen LogP contribution in [0.4, 0.5) is 0 Å². The number of benzene rings is 1. The lowest BCUT2D eigenvalue weighted by Crippen LogP contribution is -2.39. The zero-order chi connectivity index (χ0) is 14.9. The van der Waals surface area contributed by atoms with Crippen molar-refractivity contribution in [1.82, 2.24) is 10.2 Å². The molecule has 3 nitrogen and oxygen atoms in total. The molecule has 0 aliphatic carbocycles. The summed E-state index contributed by atoms with van der Waals surface area (Å²) in [5.74, 6) is 2.24. The first-order valence-electron chi connectivity index (χ1n) is 8.08. The monoisotopic (exact) mass is 308 g/mol. The lowest BCUT2D eigenvalue weighted by Gasteiger charge is -2.31. The minimum Gasteiger partial charge on any atom is -0.492 e. The van der Waals surface area contributed by atoms with Crippen LogP contribution in [0.2, 0.25) is 0 Å². The molecule has 0 radical (unpaired) electrons. The van der Waals surface area contributed by atoms with Crippen LogP contribution in [0.5, 0.6) is 5.75 Å². The molecular formula is C17H28N2OS. The lowest BCUT2D eigenvalue weighted by molar-refractivity contribution is 0.212. The van der Waals surface area contributed by atoms with Crippen molar-refractivity contribution in [3.05, 3.63) is 29.8 Å². The standard InChI is InChI=1S/C17H28N2OS/c1-3-17-14-19(10-12-21-17)9-11-20-16-7-5-15(6-8-16)13-18-4-2/h5-8,17-18H,3-4,9-14H2,1-2H3. The van der Waals surface area contributed by atoms with E-state index < -0.39 is 0 Å². The topological polar surface area (TPSA) is 24.5 Å². The Bertz CT molecular complexity index is 396. The first-order chi connectivity index (χ1) is 10.3. The van der Waals surface area contributed by atoms with Crippen LogP contribution in [0.15, 0.2) is 24.3 Å². The van der Waals surface area contributed by atoms with Crippen LogP contribution < -0.4 is 10.1 Å². The van der Waals surface area contributed by atoms with Crippen LogP contribution >= 0.6 is 11.8 Å². The third-order valence-corrected chi connectivity index (χ3v) is 5.23. The van der Waals surface area contributed by atoms with Crippen molar-refractivity contribution in [2.45, 2.75) is 32.1 Å². The Morgan fingerprint density at radius 2 is 2.10 bits per heavy atom. The van der Waals surface area contributed by atoms with Gasteiger partial charge in [0, 0.05) is 37.2 Å². The predicted octanol–water partition coefficient (Wildman–Crippen LogP) is 3.00. The Labute approximate surface area is 133 Å². The second kappa shape index (κ2) is 9.34. The summed E-state index contributed by atoms with van der Waals surface area (Å²) in [5.41, 5.74) is 1.31. The highest BCUT2D eigenvalue weighted by atomic mass is 32.2. The van der Waals surface area contributed by atoms with Gasteiger partial charge in [0.05, 0.1) is 0 Å². The van der Waals surface area contributed by atoms with E-state index in [9.17, 15) is 0 Å². The fourth-order valence-corrected chi connectivity index (χ4v) is 3.74. The largest absolute Gasteiger partial charge is 0.492 e. The van der Waals surface area contributed by atoms with E-state index in [1.807, 2.05) is 0 Å². The van der Waals surface area contributed by atoms with Crippen LogP contribution in [-0.2, 0) is 6.54 Å². The molecule has 1 aromatic carbocycles. The molecule has 0 spiro atoms. The Morgan fingerprint density at radius 1 is 1.29 bits per heavy atom. The number of hydrogen-bond donors (Lipinski definition) is 1. The van der Waals surface area contributed by atoms with Crippen molar-refractivity contribution in [2.24, 2.45) is 0 Å². The average molecular weight is 308 g/mol. The van der Waals surface area contributed by atoms with E-state index in [-0.39, 0.29) is 0 Å². The van der Waals surface area contributed by atoms with Gasteiger partial charge < -0.3 is 10.1 Å². The van der Waals surface area contributed by atoms with Crippen LogP contribution in [0.1, 0.15) is 25.8 Å². The van der Waals surface area contributed by atoms with Crippen molar-refractivity contribution in [2.75, 3.05) is 38.5 Å². The molecule has 2 rings (SSSR count). The first-order valence-corrected chi connectivity index (χ1v) is 9.13. The number of nitrogens with one attached hydrogen (secondary N) is 1. The Kier molecular flexibility index (Phi) is 7.41. The zero-order valence-corrected chi connectivity index (χ0v) is 14.1. The van der Waals surface area contributed by atoms with Crippen LogP contribution in [0, 0.1) is 0 Å². The number of nitrogens with zero attached hydrogens (tertiary/aromatic N) is 1. The summed E-state index contributed by atoms with van der Waals surface area (Å²) in [5, 5.41) is 4.14. The molecule has 0 saturated carbocycles. The van der Waals surface area contributed by atoms with E-state index >= 15 is 0 Å². The zero-order valence-electron chi connectivity index (χ0n) is 13.3. The minimum atomic E-state index is 0.785. The molecule has 21 heavy (non-hydrogen) atoms. The molecule has 1 aliphatic rings.